The van der Waals surface area contributed by atoms with Gasteiger partial charge in [0.2, 0.25) is 11.9 Å². The van der Waals surface area contributed by atoms with Gasteiger partial charge in [0, 0.05) is 35.6 Å². The Morgan fingerprint density at radius 1 is 1.17 bits per heavy atom. The zero-order valence-corrected chi connectivity index (χ0v) is 16.9. The first-order valence-corrected chi connectivity index (χ1v) is 10.4. The molecule has 2 aliphatic rings. The predicted octanol–water partition coefficient (Wildman–Crippen LogP) is 2.82. The molecule has 1 spiro atoms. The van der Waals surface area contributed by atoms with E-state index >= 15 is 0 Å². The van der Waals surface area contributed by atoms with Gasteiger partial charge in [-0.3, -0.25) is 9.59 Å². The fraction of sp³-hybridized carbons (Fsp3) is 0.364. The fourth-order valence-corrected chi connectivity index (χ4v) is 4.71. The summed E-state index contributed by atoms with van der Waals surface area (Å²) >= 11 is 0. The highest BCUT2D eigenvalue weighted by atomic mass is 16.2. The molecule has 0 saturated heterocycles. The number of carbonyl (C=O) groups excluding carboxylic acids is 2. The Bertz CT molecular complexity index is 1130. The zero-order valence-electron chi connectivity index (χ0n) is 16.9. The Balaban J connectivity index is 1.52. The SMILES string of the molecule is CNC(=O)c1ccc(Nc2ncc3cc4n(c3n2)C2(CCCCC2)C(=O)NC4)cc1. The van der Waals surface area contributed by atoms with E-state index in [1.54, 1.807) is 25.4 Å². The second kappa shape index (κ2) is 7.12. The molecule has 3 aromatic rings. The number of fused-ring (bicyclic) bond motifs is 4. The van der Waals surface area contributed by atoms with Gasteiger partial charge in [0.25, 0.3) is 5.91 Å². The van der Waals surface area contributed by atoms with Gasteiger partial charge in [-0.2, -0.15) is 4.98 Å². The highest BCUT2D eigenvalue weighted by Gasteiger charge is 2.45. The number of anilines is 2. The van der Waals surface area contributed by atoms with Crippen molar-refractivity contribution in [2.24, 2.45) is 0 Å². The topological polar surface area (TPSA) is 101 Å². The summed E-state index contributed by atoms with van der Waals surface area (Å²) in [5.41, 5.74) is 2.70. The molecular formula is C22H24N6O2. The molecule has 3 N–H and O–H groups in total. The minimum Gasteiger partial charge on any atom is -0.355 e. The number of rotatable bonds is 3. The molecule has 0 radical (unpaired) electrons. The summed E-state index contributed by atoms with van der Waals surface area (Å²) in [5, 5.41) is 9.83. The Kier molecular flexibility index (Phi) is 4.42. The van der Waals surface area contributed by atoms with Crippen molar-refractivity contribution in [1.29, 1.82) is 0 Å². The van der Waals surface area contributed by atoms with Gasteiger partial charge < -0.3 is 20.5 Å². The lowest BCUT2D eigenvalue weighted by Gasteiger charge is -2.41. The van der Waals surface area contributed by atoms with E-state index < -0.39 is 5.54 Å². The van der Waals surface area contributed by atoms with Crippen LogP contribution >= 0.6 is 0 Å². The van der Waals surface area contributed by atoms with Crippen molar-refractivity contribution in [2.75, 3.05) is 12.4 Å². The molecule has 0 unspecified atom stereocenters. The van der Waals surface area contributed by atoms with E-state index in [9.17, 15) is 9.59 Å². The Morgan fingerprint density at radius 2 is 1.93 bits per heavy atom. The van der Waals surface area contributed by atoms with E-state index in [4.69, 9.17) is 4.98 Å². The van der Waals surface area contributed by atoms with Crippen LogP contribution < -0.4 is 16.0 Å². The van der Waals surface area contributed by atoms with Crippen molar-refractivity contribution < 1.29 is 9.59 Å². The highest BCUT2D eigenvalue weighted by molar-refractivity contribution is 5.94. The third-order valence-corrected chi connectivity index (χ3v) is 6.21. The smallest absolute Gasteiger partial charge is 0.251 e. The number of benzene rings is 1. The van der Waals surface area contributed by atoms with Gasteiger partial charge in [0.05, 0.1) is 6.54 Å². The third-order valence-electron chi connectivity index (χ3n) is 6.21. The largest absolute Gasteiger partial charge is 0.355 e. The summed E-state index contributed by atoms with van der Waals surface area (Å²) in [5.74, 6) is 0.438. The van der Waals surface area contributed by atoms with Crippen LogP contribution in [0, 0.1) is 0 Å². The van der Waals surface area contributed by atoms with E-state index in [-0.39, 0.29) is 11.8 Å². The maximum absolute atomic E-state index is 12.9. The minimum atomic E-state index is -0.547. The zero-order chi connectivity index (χ0) is 20.7. The summed E-state index contributed by atoms with van der Waals surface area (Å²) in [7, 11) is 1.61. The van der Waals surface area contributed by atoms with Crippen LogP contribution in [-0.2, 0) is 16.9 Å². The maximum Gasteiger partial charge on any atom is 0.251 e. The van der Waals surface area contributed by atoms with Gasteiger partial charge in [-0.05, 0) is 43.2 Å². The maximum atomic E-state index is 12.9. The molecule has 1 aromatic carbocycles. The molecule has 154 valence electrons. The Morgan fingerprint density at radius 3 is 2.67 bits per heavy atom. The van der Waals surface area contributed by atoms with Crippen molar-refractivity contribution in [2.45, 2.75) is 44.2 Å². The van der Waals surface area contributed by atoms with Crippen molar-refractivity contribution in [3.05, 3.63) is 47.8 Å². The number of hydrogen-bond acceptors (Lipinski definition) is 5. The molecule has 1 aliphatic carbocycles. The standard InChI is InChI=1S/C22H24N6O2/c1-23-19(29)14-5-7-16(8-6-14)26-21-25-12-15-11-17-13-24-20(30)22(9-3-2-4-10-22)28(17)18(15)27-21/h5-8,11-12H,2-4,9-10,13H2,1H3,(H,23,29)(H,24,30)(H,25,26,27). The molecule has 1 fully saturated rings. The van der Waals surface area contributed by atoms with Crippen molar-refractivity contribution >= 4 is 34.5 Å². The minimum absolute atomic E-state index is 0.102. The van der Waals surface area contributed by atoms with Crippen molar-refractivity contribution in [3.63, 3.8) is 0 Å². The second-order valence-corrected chi connectivity index (χ2v) is 8.00. The number of hydrogen-bond donors (Lipinski definition) is 3. The van der Waals surface area contributed by atoms with E-state index in [1.165, 1.54) is 0 Å². The van der Waals surface area contributed by atoms with Crippen LogP contribution in [0.3, 0.4) is 0 Å². The summed E-state index contributed by atoms with van der Waals surface area (Å²) in [6.07, 6.45) is 6.72. The molecule has 1 aliphatic heterocycles. The molecule has 2 aromatic heterocycles. The number of nitrogens with zero attached hydrogens (tertiary/aromatic N) is 3. The van der Waals surface area contributed by atoms with Crippen molar-refractivity contribution in [3.8, 4) is 0 Å². The van der Waals surface area contributed by atoms with Crippen LogP contribution in [0.25, 0.3) is 11.0 Å². The first-order valence-electron chi connectivity index (χ1n) is 10.4. The van der Waals surface area contributed by atoms with E-state index in [2.05, 4.69) is 31.6 Å². The number of carbonyl (C=O) groups is 2. The van der Waals surface area contributed by atoms with Gasteiger partial charge in [-0.15, -0.1) is 0 Å². The highest BCUT2D eigenvalue weighted by Crippen LogP contribution is 2.41. The quantitative estimate of drug-likeness (QED) is 0.623. The lowest BCUT2D eigenvalue weighted by molar-refractivity contribution is -0.133. The number of aromatic nitrogens is 3. The molecule has 0 bridgehead atoms. The van der Waals surface area contributed by atoms with Crippen molar-refractivity contribution in [1.82, 2.24) is 25.2 Å². The van der Waals surface area contributed by atoms with Crippen LogP contribution in [-0.4, -0.2) is 33.4 Å². The van der Waals surface area contributed by atoms with Gasteiger partial charge >= 0.3 is 0 Å². The third kappa shape index (κ3) is 2.91. The lowest BCUT2D eigenvalue weighted by atomic mass is 9.79. The first-order chi connectivity index (χ1) is 14.6. The molecule has 1 saturated carbocycles. The van der Waals surface area contributed by atoms with E-state index in [0.29, 0.717) is 18.1 Å². The second-order valence-electron chi connectivity index (χ2n) is 8.00. The van der Waals surface area contributed by atoms with Crippen LogP contribution in [0.1, 0.15) is 48.2 Å². The molecule has 2 amide bonds. The fourth-order valence-electron chi connectivity index (χ4n) is 4.71. The summed E-state index contributed by atoms with van der Waals surface area (Å²) < 4.78 is 2.15. The molecule has 3 heterocycles. The van der Waals surface area contributed by atoms with E-state index in [0.717, 1.165) is 54.5 Å². The summed E-state index contributed by atoms with van der Waals surface area (Å²) in [6.45, 7) is 0.515. The van der Waals surface area contributed by atoms with Gasteiger partial charge in [-0.1, -0.05) is 19.3 Å². The monoisotopic (exact) mass is 404 g/mol. The Hall–Kier alpha value is -3.42. The predicted molar refractivity (Wildman–Crippen MR) is 114 cm³/mol. The molecule has 8 heteroatoms. The van der Waals surface area contributed by atoms with Gasteiger partial charge in [-0.25, -0.2) is 4.98 Å². The molecule has 30 heavy (non-hydrogen) atoms. The average Bonchev–Trinajstić information content (AvgIpc) is 3.16. The molecule has 5 rings (SSSR count). The van der Waals surface area contributed by atoms with Crippen LogP contribution in [0.15, 0.2) is 36.5 Å². The van der Waals surface area contributed by atoms with Crippen LogP contribution in [0.4, 0.5) is 11.6 Å². The normalized spacial score (nSPS) is 17.4. The molecular weight excluding hydrogens is 380 g/mol. The van der Waals surface area contributed by atoms with Crippen LogP contribution in [0.2, 0.25) is 0 Å². The Labute approximate surface area is 174 Å². The average molecular weight is 404 g/mol. The summed E-state index contributed by atoms with van der Waals surface area (Å²) in [4.78, 5) is 33.9. The van der Waals surface area contributed by atoms with Gasteiger partial charge in [0.1, 0.15) is 11.2 Å². The van der Waals surface area contributed by atoms with E-state index in [1.807, 2.05) is 12.1 Å². The summed E-state index contributed by atoms with van der Waals surface area (Å²) in [6, 6.07) is 9.22. The number of nitrogens with one attached hydrogen (secondary N) is 3. The molecule has 8 nitrogen and oxygen atoms in total. The molecule has 0 atom stereocenters. The van der Waals surface area contributed by atoms with Crippen LogP contribution in [0.5, 0.6) is 0 Å². The number of amides is 2. The lowest BCUT2D eigenvalue weighted by Crippen LogP contribution is -2.54. The van der Waals surface area contributed by atoms with Gasteiger partial charge in [0.15, 0.2) is 0 Å². The first kappa shape index (κ1) is 18.6.